The summed E-state index contributed by atoms with van der Waals surface area (Å²) in [5, 5.41) is 16.2. The first-order valence-electron chi connectivity index (χ1n) is 5.62. The zero-order chi connectivity index (χ0) is 14.5. The van der Waals surface area contributed by atoms with Crippen LogP contribution in [0.3, 0.4) is 0 Å². The largest absolute Gasteiger partial charge is 0.365 e. The molecule has 0 fully saturated rings. The summed E-state index contributed by atoms with van der Waals surface area (Å²) in [5.74, 6) is -0.732. The van der Waals surface area contributed by atoms with E-state index < -0.39 is 10.9 Å². The topological polar surface area (TPSA) is 81.8 Å². The summed E-state index contributed by atoms with van der Waals surface area (Å²) in [5.41, 5.74) is 0.485. The predicted octanol–water partition coefficient (Wildman–Crippen LogP) is 3.24. The minimum atomic E-state index is -0.732. The van der Waals surface area contributed by atoms with E-state index in [-0.39, 0.29) is 11.3 Å². The lowest BCUT2D eigenvalue weighted by Crippen LogP contribution is -2.03. The number of benzene rings is 1. The van der Waals surface area contributed by atoms with Crippen molar-refractivity contribution in [1.82, 2.24) is 0 Å². The van der Waals surface area contributed by atoms with Crippen LogP contribution in [-0.2, 0) is 4.84 Å². The maximum absolute atomic E-state index is 11.7. The van der Waals surface area contributed by atoms with Crippen molar-refractivity contribution < 1.29 is 14.6 Å². The third-order valence-corrected chi connectivity index (χ3v) is 3.41. The van der Waals surface area contributed by atoms with E-state index in [0.717, 1.165) is 10.9 Å². The monoisotopic (exact) mass is 290 g/mol. The Balaban J connectivity index is 2.11. The Kier molecular flexibility index (Phi) is 4.21. The Labute approximate surface area is 118 Å². The molecule has 0 amide bonds. The van der Waals surface area contributed by atoms with Gasteiger partial charge in [0.05, 0.1) is 21.1 Å². The number of hydrogen-bond donors (Lipinski definition) is 0. The standard InChI is InChI=1S/C13H10N2O4S/c1-9(12-6-3-7-20-12)14-19-13(16)10-4-2-5-11(8-10)15(17)18/h2-8H,1H3/b14-9-. The van der Waals surface area contributed by atoms with Crippen molar-refractivity contribution in [2.75, 3.05) is 0 Å². The van der Waals surface area contributed by atoms with Crippen molar-refractivity contribution in [1.29, 1.82) is 0 Å². The maximum Gasteiger partial charge on any atom is 0.365 e. The molecule has 0 aliphatic carbocycles. The fourth-order valence-electron chi connectivity index (χ4n) is 1.44. The summed E-state index contributed by atoms with van der Waals surface area (Å²) in [7, 11) is 0. The second-order valence-corrected chi connectivity index (χ2v) is 4.79. The first-order chi connectivity index (χ1) is 9.58. The van der Waals surface area contributed by atoms with E-state index in [4.69, 9.17) is 4.84 Å². The van der Waals surface area contributed by atoms with Gasteiger partial charge in [-0.25, -0.2) is 4.79 Å². The molecule has 0 spiro atoms. The molecule has 0 N–H and O–H groups in total. The summed E-state index contributed by atoms with van der Waals surface area (Å²) in [4.78, 5) is 27.5. The number of nitro benzene ring substituents is 1. The van der Waals surface area contributed by atoms with Gasteiger partial charge < -0.3 is 4.84 Å². The van der Waals surface area contributed by atoms with Crippen LogP contribution in [0.1, 0.15) is 22.2 Å². The van der Waals surface area contributed by atoms with Crippen molar-refractivity contribution in [3.05, 3.63) is 62.3 Å². The van der Waals surface area contributed by atoms with Crippen molar-refractivity contribution in [3.63, 3.8) is 0 Å². The molecule has 0 unspecified atom stereocenters. The van der Waals surface area contributed by atoms with Gasteiger partial charge in [0.15, 0.2) is 0 Å². The number of rotatable bonds is 4. The minimum Gasteiger partial charge on any atom is -0.313 e. The molecule has 102 valence electrons. The molecule has 0 aliphatic heterocycles. The lowest BCUT2D eigenvalue weighted by atomic mass is 10.2. The van der Waals surface area contributed by atoms with Crippen LogP contribution in [0.2, 0.25) is 0 Å². The Morgan fingerprint density at radius 1 is 1.35 bits per heavy atom. The number of carbonyl (C=O) groups excluding carboxylic acids is 1. The van der Waals surface area contributed by atoms with Gasteiger partial charge in [0, 0.05) is 12.1 Å². The molecule has 1 aromatic heterocycles. The Morgan fingerprint density at radius 3 is 2.80 bits per heavy atom. The third-order valence-electron chi connectivity index (χ3n) is 2.44. The summed E-state index contributed by atoms with van der Waals surface area (Å²) >= 11 is 1.47. The fourth-order valence-corrected chi connectivity index (χ4v) is 2.11. The molecule has 7 heteroatoms. The first-order valence-corrected chi connectivity index (χ1v) is 6.50. The zero-order valence-corrected chi connectivity index (χ0v) is 11.3. The average molecular weight is 290 g/mol. The van der Waals surface area contributed by atoms with Crippen LogP contribution in [0.5, 0.6) is 0 Å². The van der Waals surface area contributed by atoms with E-state index in [0.29, 0.717) is 5.71 Å². The highest BCUT2D eigenvalue weighted by atomic mass is 32.1. The third kappa shape index (κ3) is 3.27. The van der Waals surface area contributed by atoms with Crippen LogP contribution in [-0.4, -0.2) is 16.6 Å². The fraction of sp³-hybridized carbons (Fsp3) is 0.0769. The molecule has 0 saturated carbocycles. The molecular formula is C13H10N2O4S. The molecule has 6 nitrogen and oxygen atoms in total. The number of non-ortho nitro benzene ring substituents is 1. The summed E-state index contributed by atoms with van der Waals surface area (Å²) in [6, 6.07) is 9.03. The second-order valence-electron chi connectivity index (χ2n) is 3.84. The Hall–Kier alpha value is -2.54. The van der Waals surface area contributed by atoms with Gasteiger partial charge in [0.2, 0.25) is 0 Å². The molecule has 0 bridgehead atoms. The molecule has 2 rings (SSSR count). The molecule has 0 radical (unpaired) electrons. The first kappa shape index (κ1) is 13.9. The van der Waals surface area contributed by atoms with Gasteiger partial charge in [0.25, 0.3) is 5.69 Å². The van der Waals surface area contributed by atoms with Crippen molar-refractivity contribution in [2.45, 2.75) is 6.92 Å². The van der Waals surface area contributed by atoms with Crippen molar-refractivity contribution >= 4 is 28.7 Å². The summed E-state index contributed by atoms with van der Waals surface area (Å²) in [6.07, 6.45) is 0. The van der Waals surface area contributed by atoms with Crippen LogP contribution >= 0.6 is 11.3 Å². The van der Waals surface area contributed by atoms with Crippen LogP contribution in [0.15, 0.2) is 46.9 Å². The minimum absolute atomic E-state index is 0.0851. The molecule has 20 heavy (non-hydrogen) atoms. The maximum atomic E-state index is 11.7. The highest BCUT2D eigenvalue weighted by Gasteiger charge is 2.13. The smallest absolute Gasteiger partial charge is 0.313 e. The number of oxime groups is 1. The van der Waals surface area contributed by atoms with Crippen molar-refractivity contribution in [3.8, 4) is 0 Å². The average Bonchev–Trinajstić information content (AvgIpc) is 2.98. The van der Waals surface area contributed by atoms with Gasteiger partial charge in [-0.1, -0.05) is 17.3 Å². The van der Waals surface area contributed by atoms with Gasteiger partial charge in [-0.3, -0.25) is 10.1 Å². The number of thiophene rings is 1. The number of nitro groups is 1. The molecule has 1 heterocycles. The molecule has 0 aliphatic rings. The second kappa shape index (κ2) is 6.07. The SMILES string of the molecule is C/C(=N/OC(=O)c1cccc([N+](=O)[O-])c1)c1cccs1. The van der Waals surface area contributed by atoms with Gasteiger partial charge >= 0.3 is 5.97 Å². The van der Waals surface area contributed by atoms with Gasteiger partial charge in [-0.2, -0.15) is 0 Å². The zero-order valence-electron chi connectivity index (χ0n) is 10.5. The van der Waals surface area contributed by atoms with Gasteiger partial charge in [-0.05, 0) is 24.4 Å². The lowest BCUT2D eigenvalue weighted by molar-refractivity contribution is -0.384. The van der Waals surface area contributed by atoms with Gasteiger partial charge in [0.1, 0.15) is 0 Å². The van der Waals surface area contributed by atoms with Crippen LogP contribution in [0.25, 0.3) is 0 Å². The highest BCUT2D eigenvalue weighted by molar-refractivity contribution is 7.12. The normalized spacial score (nSPS) is 11.2. The summed E-state index contributed by atoms with van der Waals surface area (Å²) < 4.78 is 0. The Bertz CT molecular complexity index is 665. The molecular weight excluding hydrogens is 280 g/mol. The number of nitrogens with zero attached hydrogens (tertiary/aromatic N) is 2. The van der Waals surface area contributed by atoms with E-state index in [1.807, 2.05) is 17.5 Å². The highest BCUT2D eigenvalue weighted by Crippen LogP contribution is 2.14. The molecule has 0 saturated heterocycles. The number of hydrogen-bond acceptors (Lipinski definition) is 6. The van der Waals surface area contributed by atoms with E-state index >= 15 is 0 Å². The van der Waals surface area contributed by atoms with Crippen molar-refractivity contribution in [2.24, 2.45) is 5.16 Å². The predicted molar refractivity (Wildman–Crippen MR) is 75.0 cm³/mol. The summed E-state index contributed by atoms with van der Waals surface area (Å²) in [6.45, 7) is 1.71. The van der Waals surface area contributed by atoms with E-state index in [1.54, 1.807) is 6.92 Å². The quantitative estimate of drug-likeness (QED) is 0.374. The molecule has 1 aromatic carbocycles. The van der Waals surface area contributed by atoms with E-state index in [2.05, 4.69) is 5.16 Å². The van der Waals surface area contributed by atoms with Crippen LogP contribution in [0.4, 0.5) is 5.69 Å². The Morgan fingerprint density at radius 2 is 2.15 bits per heavy atom. The molecule has 2 aromatic rings. The van der Waals surface area contributed by atoms with Crippen LogP contribution in [0, 0.1) is 10.1 Å². The van der Waals surface area contributed by atoms with Crippen LogP contribution < -0.4 is 0 Å². The van der Waals surface area contributed by atoms with E-state index in [1.165, 1.54) is 29.5 Å². The van der Waals surface area contributed by atoms with E-state index in [9.17, 15) is 14.9 Å². The number of carbonyl (C=O) groups is 1. The van der Waals surface area contributed by atoms with Gasteiger partial charge in [-0.15, -0.1) is 11.3 Å². The lowest BCUT2D eigenvalue weighted by Gasteiger charge is -1.99. The molecule has 0 atom stereocenters.